The van der Waals surface area contributed by atoms with Crippen LogP contribution in [-0.4, -0.2) is 38.3 Å². The Morgan fingerprint density at radius 2 is 1.82 bits per heavy atom. The summed E-state index contributed by atoms with van der Waals surface area (Å²) in [7, 11) is -3.77. The number of hydrogen-bond donors (Lipinski definition) is 1. The van der Waals surface area contributed by atoms with Gasteiger partial charge in [0.15, 0.2) is 0 Å². The van der Waals surface area contributed by atoms with E-state index in [9.17, 15) is 13.2 Å². The number of nitrogens with zero attached hydrogens (tertiary/aromatic N) is 1. The van der Waals surface area contributed by atoms with Crippen LogP contribution >= 0.6 is 27.5 Å². The zero-order valence-corrected chi connectivity index (χ0v) is 19.0. The molecular weight excluding hydrogens is 468 g/mol. The molecule has 1 amide bonds. The van der Waals surface area contributed by atoms with Gasteiger partial charge >= 0.3 is 0 Å². The quantitative estimate of drug-likeness (QED) is 0.579. The molecule has 6 nitrogen and oxygen atoms in total. The van der Waals surface area contributed by atoms with Crippen LogP contribution in [-0.2, 0) is 10.0 Å². The molecule has 0 saturated carbocycles. The predicted molar refractivity (Wildman–Crippen MR) is 115 cm³/mol. The van der Waals surface area contributed by atoms with E-state index in [1.54, 1.807) is 51.1 Å². The standard InChI is InChI=1S/C19H22BrClN2O4S/c1-4-23(5-2)28(25,26)18-12-14(8-10-17(18)27-6-3)22-19(24)15-9-7-13(20)11-16(15)21/h7-12H,4-6H2,1-3H3,(H,22,24). The van der Waals surface area contributed by atoms with Gasteiger partial charge in [-0.25, -0.2) is 8.42 Å². The number of carbonyl (C=O) groups is 1. The van der Waals surface area contributed by atoms with Crippen LogP contribution in [0.2, 0.25) is 5.02 Å². The molecule has 152 valence electrons. The number of halogens is 2. The lowest BCUT2D eigenvalue weighted by Gasteiger charge is -2.21. The van der Waals surface area contributed by atoms with Gasteiger partial charge in [-0.15, -0.1) is 0 Å². The van der Waals surface area contributed by atoms with Crippen LogP contribution in [0.5, 0.6) is 5.75 Å². The molecule has 0 spiro atoms. The van der Waals surface area contributed by atoms with E-state index in [2.05, 4.69) is 21.2 Å². The molecule has 0 bridgehead atoms. The maximum atomic E-state index is 13.0. The lowest BCUT2D eigenvalue weighted by Crippen LogP contribution is -2.31. The highest BCUT2D eigenvalue weighted by molar-refractivity contribution is 9.10. The lowest BCUT2D eigenvalue weighted by molar-refractivity contribution is 0.102. The molecule has 2 rings (SSSR count). The van der Waals surface area contributed by atoms with Gasteiger partial charge in [0, 0.05) is 23.2 Å². The molecule has 9 heteroatoms. The molecule has 0 aliphatic rings. The van der Waals surface area contributed by atoms with E-state index < -0.39 is 15.9 Å². The monoisotopic (exact) mass is 488 g/mol. The lowest BCUT2D eigenvalue weighted by atomic mass is 10.2. The Kier molecular flexibility index (Phi) is 7.88. The van der Waals surface area contributed by atoms with Gasteiger partial charge in [0.2, 0.25) is 10.0 Å². The second-order valence-corrected chi connectivity index (χ2v) is 8.99. The summed E-state index contributed by atoms with van der Waals surface area (Å²) in [6.07, 6.45) is 0. The molecule has 0 radical (unpaired) electrons. The summed E-state index contributed by atoms with van der Waals surface area (Å²) in [6.45, 7) is 6.29. The highest BCUT2D eigenvalue weighted by atomic mass is 79.9. The smallest absolute Gasteiger partial charge is 0.257 e. The molecule has 0 fully saturated rings. The topological polar surface area (TPSA) is 75.7 Å². The number of benzene rings is 2. The number of nitrogens with one attached hydrogen (secondary N) is 1. The van der Waals surface area contributed by atoms with Crippen molar-refractivity contribution in [2.75, 3.05) is 25.0 Å². The van der Waals surface area contributed by atoms with E-state index in [0.29, 0.717) is 25.4 Å². The molecule has 0 aliphatic carbocycles. The molecule has 0 atom stereocenters. The van der Waals surface area contributed by atoms with Crippen LogP contribution in [0.3, 0.4) is 0 Å². The number of ether oxygens (including phenoxy) is 1. The van der Waals surface area contributed by atoms with Gasteiger partial charge in [-0.1, -0.05) is 41.4 Å². The van der Waals surface area contributed by atoms with Gasteiger partial charge in [0.25, 0.3) is 5.91 Å². The molecule has 1 N–H and O–H groups in total. The minimum Gasteiger partial charge on any atom is -0.492 e. The van der Waals surface area contributed by atoms with Gasteiger partial charge in [-0.3, -0.25) is 4.79 Å². The molecule has 0 unspecified atom stereocenters. The molecule has 0 saturated heterocycles. The van der Waals surface area contributed by atoms with Crippen LogP contribution in [0.15, 0.2) is 45.8 Å². The molecule has 0 aliphatic heterocycles. The maximum absolute atomic E-state index is 13.0. The third kappa shape index (κ3) is 5.05. The normalized spacial score (nSPS) is 11.5. The first-order valence-electron chi connectivity index (χ1n) is 8.77. The highest BCUT2D eigenvalue weighted by Crippen LogP contribution is 2.30. The van der Waals surface area contributed by atoms with E-state index in [1.165, 1.54) is 10.4 Å². The summed E-state index contributed by atoms with van der Waals surface area (Å²) >= 11 is 9.42. The van der Waals surface area contributed by atoms with Crippen LogP contribution in [0.25, 0.3) is 0 Å². The Morgan fingerprint density at radius 3 is 2.39 bits per heavy atom. The summed E-state index contributed by atoms with van der Waals surface area (Å²) < 4.78 is 33.6. The maximum Gasteiger partial charge on any atom is 0.257 e. The molecule has 0 aromatic heterocycles. The minimum absolute atomic E-state index is 0.0118. The van der Waals surface area contributed by atoms with Gasteiger partial charge in [0.1, 0.15) is 10.6 Å². The van der Waals surface area contributed by atoms with E-state index >= 15 is 0 Å². The molecular formula is C19H22BrClN2O4S. The fourth-order valence-electron chi connectivity index (χ4n) is 2.64. The number of rotatable bonds is 8. The molecule has 2 aromatic carbocycles. The number of anilines is 1. The third-order valence-corrected chi connectivity index (χ3v) is 6.88. The highest BCUT2D eigenvalue weighted by Gasteiger charge is 2.26. The van der Waals surface area contributed by atoms with Crippen molar-refractivity contribution in [2.45, 2.75) is 25.7 Å². The van der Waals surface area contributed by atoms with Crippen molar-refractivity contribution in [1.29, 1.82) is 0 Å². The van der Waals surface area contributed by atoms with Gasteiger partial charge in [-0.2, -0.15) is 4.31 Å². The van der Waals surface area contributed by atoms with Crippen LogP contribution in [0.1, 0.15) is 31.1 Å². The number of carbonyl (C=O) groups excluding carboxylic acids is 1. The first-order chi connectivity index (χ1) is 13.2. The van der Waals surface area contributed by atoms with E-state index in [-0.39, 0.29) is 21.2 Å². The molecule has 28 heavy (non-hydrogen) atoms. The molecule has 0 heterocycles. The number of sulfonamides is 1. The van der Waals surface area contributed by atoms with Crippen molar-refractivity contribution in [3.63, 3.8) is 0 Å². The van der Waals surface area contributed by atoms with Gasteiger partial charge in [-0.05, 0) is 43.3 Å². The summed E-state index contributed by atoms with van der Waals surface area (Å²) in [5.74, 6) is -0.193. The van der Waals surface area contributed by atoms with Gasteiger partial charge in [0.05, 0.1) is 17.2 Å². The third-order valence-electron chi connectivity index (χ3n) is 4.00. The SMILES string of the molecule is CCOc1ccc(NC(=O)c2ccc(Br)cc2Cl)cc1S(=O)(=O)N(CC)CC. The average Bonchev–Trinajstić information content (AvgIpc) is 2.63. The average molecular weight is 490 g/mol. The first kappa shape index (κ1) is 22.7. The van der Waals surface area contributed by atoms with E-state index in [4.69, 9.17) is 16.3 Å². The summed E-state index contributed by atoms with van der Waals surface area (Å²) in [4.78, 5) is 12.6. The van der Waals surface area contributed by atoms with Crippen molar-refractivity contribution in [2.24, 2.45) is 0 Å². The van der Waals surface area contributed by atoms with Crippen molar-refractivity contribution in [1.82, 2.24) is 4.31 Å². The first-order valence-corrected chi connectivity index (χ1v) is 11.4. The fourth-order valence-corrected chi connectivity index (χ4v) is 5.01. The second kappa shape index (κ2) is 9.73. The van der Waals surface area contributed by atoms with E-state index in [1.807, 2.05) is 0 Å². The summed E-state index contributed by atoms with van der Waals surface area (Å²) in [6, 6.07) is 9.45. The zero-order valence-electron chi connectivity index (χ0n) is 15.8. The largest absolute Gasteiger partial charge is 0.492 e. The van der Waals surface area contributed by atoms with Gasteiger partial charge < -0.3 is 10.1 Å². The predicted octanol–water partition coefficient (Wildman–Crippen LogP) is 4.78. The zero-order chi connectivity index (χ0) is 20.9. The second-order valence-electron chi connectivity index (χ2n) is 5.76. The number of amides is 1. The Labute approximate surface area is 179 Å². The Morgan fingerprint density at radius 1 is 1.14 bits per heavy atom. The van der Waals surface area contributed by atoms with Crippen LogP contribution < -0.4 is 10.1 Å². The summed E-state index contributed by atoms with van der Waals surface area (Å²) in [5.41, 5.74) is 0.616. The van der Waals surface area contributed by atoms with E-state index in [0.717, 1.165) is 4.47 Å². The van der Waals surface area contributed by atoms with Crippen molar-refractivity contribution in [3.8, 4) is 5.75 Å². The van der Waals surface area contributed by atoms with Crippen molar-refractivity contribution >= 4 is 49.1 Å². The van der Waals surface area contributed by atoms with Crippen molar-refractivity contribution in [3.05, 3.63) is 51.5 Å². The number of hydrogen-bond acceptors (Lipinski definition) is 4. The minimum atomic E-state index is -3.77. The Hall–Kier alpha value is -1.61. The van der Waals surface area contributed by atoms with Crippen LogP contribution in [0.4, 0.5) is 5.69 Å². The molecule has 2 aromatic rings. The summed E-state index contributed by atoms with van der Waals surface area (Å²) in [5, 5.41) is 2.98. The Bertz CT molecular complexity index is 962. The Balaban J connectivity index is 2.43. The fraction of sp³-hybridized carbons (Fsp3) is 0.316. The van der Waals surface area contributed by atoms with Crippen molar-refractivity contribution < 1.29 is 17.9 Å². The van der Waals surface area contributed by atoms with Crippen LogP contribution in [0, 0.1) is 0 Å².